The van der Waals surface area contributed by atoms with E-state index >= 15 is 0 Å². The molecule has 0 radical (unpaired) electrons. The molecular formula is C26H23ClN4OS. The van der Waals surface area contributed by atoms with Crippen molar-refractivity contribution in [3.05, 3.63) is 107 Å². The van der Waals surface area contributed by atoms with E-state index < -0.39 is 0 Å². The molecule has 33 heavy (non-hydrogen) atoms. The maximum atomic E-state index is 6.30. The van der Waals surface area contributed by atoms with Gasteiger partial charge in [-0.25, -0.2) is 0 Å². The highest BCUT2D eigenvalue weighted by Gasteiger charge is 2.43. The molecule has 1 saturated heterocycles. The minimum Gasteiger partial charge on any atom is -0.495 e. The molecule has 2 unspecified atom stereocenters. The summed E-state index contributed by atoms with van der Waals surface area (Å²) in [7, 11) is 1.68. The summed E-state index contributed by atoms with van der Waals surface area (Å²) in [5, 5.41) is 4.89. The first kappa shape index (κ1) is 21.5. The van der Waals surface area contributed by atoms with Crippen molar-refractivity contribution in [2.45, 2.75) is 19.0 Å². The van der Waals surface area contributed by atoms with E-state index in [0.717, 1.165) is 39.1 Å². The maximum Gasteiger partial charge on any atom is 0.174 e. The summed E-state index contributed by atoms with van der Waals surface area (Å²) in [6, 6.07) is 23.8. The van der Waals surface area contributed by atoms with Gasteiger partial charge >= 0.3 is 0 Å². The highest BCUT2D eigenvalue weighted by molar-refractivity contribution is 7.80. The average Bonchev–Trinajstić information content (AvgIpc) is 3.45. The van der Waals surface area contributed by atoms with Gasteiger partial charge < -0.3 is 19.5 Å². The third kappa shape index (κ3) is 3.86. The first-order valence-corrected chi connectivity index (χ1v) is 11.4. The smallest absolute Gasteiger partial charge is 0.174 e. The Kier molecular flexibility index (Phi) is 5.79. The fourth-order valence-corrected chi connectivity index (χ4v) is 4.85. The molecule has 0 saturated carbocycles. The molecule has 4 aromatic rings. The maximum absolute atomic E-state index is 6.30. The van der Waals surface area contributed by atoms with Crippen LogP contribution in [-0.4, -0.2) is 21.8 Å². The second kappa shape index (κ2) is 8.89. The fraction of sp³-hybridized carbons (Fsp3) is 0.154. The van der Waals surface area contributed by atoms with Gasteiger partial charge in [0.05, 0.1) is 24.5 Å². The quantitative estimate of drug-likeness (QED) is 0.358. The number of pyridine rings is 1. The van der Waals surface area contributed by atoms with Crippen LogP contribution >= 0.6 is 23.8 Å². The topological polar surface area (TPSA) is 42.3 Å². The number of para-hydroxylation sites is 2. The molecule has 0 bridgehead atoms. The third-order valence-electron chi connectivity index (χ3n) is 5.95. The Morgan fingerprint density at radius 1 is 1.03 bits per heavy atom. The van der Waals surface area contributed by atoms with Gasteiger partial charge in [-0.2, -0.15) is 0 Å². The van der Waals surface area contributed by atoms with Crippen LogP contribution < -0.4 is 15.0 Å². The second-order valence-electron chi connectivity index (χ2n) is 7.90. The Morgan fingerprint density at radius 2 is 1.85 bits per heavy atom. The Labute approximate surface area is 203 Å². The van der Waals surface area contributed by atoms with Crippen molar-refractivity contribution in [2.24, 2.45) is 0 Å². The molecular weight excluding hydrogens is 452 g/mol. The fourth-order valence-electron chi connectivity index (χ4n) is 4.39. The number of halogens is 1. The van der Waals surface area contributed by atoms with E-state index in [1.165, 1.54) is 0 Å². The average molecular weight is 475 g/mol. The SMILES string of the molecule is COc1ccccc1N1C(=S)NC(c2ccccn2)C1c1cccn1-c1ccc(Cl)c(C)c1. The molecule has 3 heterocycles. The van der Waals surface area contributed by atoms with Crippen molar-refractivity contribution in [1.29, 1.82) is 0 Å². The van der Waals surface area contributed by atoms with Gasteiger partial charge in [0.1, 0.15) is 11.8 Å². The zero-order valence-electron chi connectivity index (χ0n) is 18.3. The number of nitrogens with one attached hydrogen (secondary N) is 1. The summed E-state index contributed by atoms with van der Waals surface area (Å²) < 4.78 is 7.87. The Hall–Kier alpha value is -3.35. The van der Waals surface area contributed by atoms with Crippen LogP contribution in [0.4, 0.5) is 5.69 Å². The van der Waals surface area contributed by atoms with Crippen molar-refractivity contribution in [2.75, 3.05) is 12.0 Å². The first-order valence-electron chi connectivity index (χ1n) is 10.7. The zero-order valence-corrected chi connectivity index (χ0v) is 19.8. The first-order chi connectivity index (χ1) is 16.1. The molecule has 2 aromatic heterocycles. The van der Waals surface area contributed by atoms with E-state index in [4.69, 9.17) is 28.6 Å². The molecule has 1 aliphatic rings. The van der Waals surface area contributed by atoms with Crippen LogP contribution in [0.1, 0.15) is 29.0 Å². The van der Waals surface area contributed by atoms with Crippen LogP contribution in [0.25, 0.3) is 5.69 Å². The minimum absolute atomic E-state index is 0.148. The lowest BCUT2D eigenvalue weighted by Gasteiger charge is -2.30. The van der Waals surface area contributed by atoms with Crippen LogP contribution in [0.2, 0.25) is 5.02 Å². The molecule has 0 amide bonds. The number of benzene rings is 2. The monoisotopic (exact) mass is 474 g/mol. The molecule has 2 aromatic carbocycles. The van der Waals surface area contributed by atoms with Crippen molar-refractivity contribution >= 4 is 34.6 Å². The molecule has 7 heteroatoms. The molecule has 0 spiro atoms. The summed E-state index contributed by atoms with van der Waals surface area (Å²) in [6.07, 6.45) is 3.87. The van der Waals surface area contributed by atoms with E-state index in [0.29, 0.717) is 5.11 Å². The predicted molar refractivity (Wildman–Crippen MR) is 136 cm³/mol. The van der Waals surface area contributed by atoms with E-state index in [9.17, 15) is 0 Å². The number of hydrogen-bond donors (Lipinski definition) is 1. The Balaban J connectivity index is 1.69. The van der Waals surface area contributed by atoms with E-state index in [1.54, 1.807) is 7.11 Å². The number of rotatable bonds is 5. The largest absolute Gasteiger partial charge is 0.495 e. The molecule has 1 fully saturated rings. The third-order valence-corrected chi connectivity index (χ3v) is 6.68. The van der Waals surface area contributed by atoms with Crippen LogP contribution in [-0.2, 0) is 0 Å². The number of hydrogen-bond acceptors (Lipinski definition) is 3. The molecule has 1 N–H and O–H groups in total. The predicted octanol–water partition coefficient (Wildman–Crippen LogP) is 6.02. The normalized spacial score (nSPS) is 17.8. The number of aromatic nitrogens is 2. The summed E-state index contributed by atoms with van der Waals surface area (Å²) in [5.74, 6) is 0.758. The van der Waals surface area contributed by atoms with Gasteiger partial charge in [-0.05, 0) is 79.3 Å². The lowest BCUT2D eigenvalue weighted by atomic mass is 10.0. The molecule has 5 nitrogen and oxygen atoms in total. The van der Waals surface area contributed by atoms with E-state index in [-0.39, 0.29) is 12.1 Å². The van der Waals surface area contributed by atoms with Gasteiger partial charge in [0.15, 0.2) is 5.11 Å². The van der Waals surface area contributed by atoms with Crippen molar-refractivity contribution < 1.29 is 4.74 Å². The van der Waals surface area contributed by atoms with Gasteiger partial charge in [0.2, 0.25) is 0 Å². The molecule has 5 rings (SSSR count). The van der Waals surface area contributed by atoms with Crippen LogP contribution in [0.5, 0.6) is 5.75 Å². The number of anilines is 1. The summed E-state index contributed by atoms with van der Waals surface area (Å²) >= 11 is 12.2. The number of methoxy groups -OCH3 is 1. The highest BCUT2D eigenvalue weighted by atomic mass is 35.5. The van der Waals surface area contributed by atoms with Crippen LogP contribution in [0, 0.1) is 6.92 Å². The number of aryl methyl sites for hydroxylation is 1. The van der Waals surface area contributed by atoms with E-state index in [1.807, 2.05) is 67.7 Å². The van der Waals surface area contributed by atoms with Crippen molar-refractivity contribution in [1.82, 2.24) is 14.9 Å². The Morgan fingerprint density at radius 3 is 2.61 bits per heavy atom. The van der Waals surface area contributed by atoms with Gasteiger partial charge in [0, 0.05) is 28.8 Å². The van der Waals surface area contributed by atoms with Gasteiger partial charge in [-0.15, -0.1) is 0 Å². The van der Waals surface area contributed by atoms with Crippen molar-refractivity contribution in [3.8, 4) is 11.4 Å². The van der Waals surface area contributed by atoms with E-state index in [2.05, 4.69) is 44.2 Å². The van der Waals surface area contributed by atoms with Crippen molar-refractivity contribution in [3.63, 3.8) is 0 Å². The van der Waals surface area contributed by atoms with Gasteiger partial charge in [-0.3, -0.25) is 4.98 Å². The van der Waals surface area contributed by atoms with Crippen LogP contribution in [0.15, 0.2) is 85.2 Å². The summed E-state index contributed by atoms with van der Waals surface area (Å²) in [4.78, 5) is 6.77. The zero-order chi connectivity index (χ0) is 22.9. The van der Waals surface area contributed by atoms with Gasteiger partial charge in [-0.1, -0.05) is 29.8 Å². The molecule has 2 atom stereocenters. The minimum atomic E-state index is -0.158. The highest BCUT2D eigenvalue weighted by Crippen LogP contribution is 2.44. The van der Waals surface area contributed by atoms with Crippen LogP contribution in [0.3, 0.4) is 0 Å². The summed E-state index contributed by atoms with van der Waals surface area (Å²) in [6.45, 7) is 2.01. The number of ether oxygens (including phenoxy) is 1. The molecule has 0 aliphatic carbocycles. The summed E-state index contributed by atoms with van der Waals surface area (Å²) in [5.41, 5.74) is 4.96. The second-order valence-corrected chi connectivity index (χ2v) is 8.70. The Bertz CT molecular complexity index is 1310. The molecule has 1 aliphatic heterocycles. The lowest BCUT2D eigenvalue weighted by Crippen LogP contribution is -2.30. The standard InChI is InChI=1S/C26H23ClN4OS/c1-17-16-18(12-13-19(17)27)30-15-7-10-22(30)25-24(20-8-5-6-14-28-20)29-26(33)31(25)21-9-3-4-11-23(21)32-2/h3-16,24-25H,1-2H3,(H,29,33). The lowest BCUT2D eigenvalue weighted by molar-refractivity contribution is 0.414. The molecule has 166 valence electrons. The van der Waals surface area contributed by atoms with Gasteiger partial charge in [0.25, 0.3) is 0 Å². The number of nitrogens with zero attached hydrogens (tertiary/aromatic N) is 3. The number of thiocarbonyl (C=S) groups is 1.